The Morgan fingerprint density at radius 1 is 1.45 bits per heavy atom. The Bertz CT molecular complexity index is 732. The summed E-state index contributed by atoms with van der Waals surface area (Å²) in [6.45, 7) is 3.87. The zero-order valence-electron chi connectivity index (χ0n) is 12.4. The molecule has 1 fully saturated rings. The summed E-state index contributed by atoms with van der Waals surface area (Å²) in [4.78, 5) is 0.148. The number of aliphatic hydroxyl groups is 1. The van der Waals surface area contributed by atoms with Crippen LogP contribution in [0.1, 0.15) is 22.9 Å². The average molecular weight is 342 g/mol. The summed E-state index contributed by atoms with van der Waals surface area (Å²) < 4.78 is 32.1. The summed E-state index contributed by atoms with van der Waals surface area (Å²) in [6, 6.07) is 1.99. The Labute approximate surface area is 133 Å². The maximum atomic E-state index is 12.9. The lowest BCUT2D eigenvalue weighted by Gasteiger charge is -2.16. The highest BCUT2D eigenvalue weighted by molar-refractivity contribution is 7.89. The largest absolute Gasteiger partial charge is 0.396 e. The lowest BCUT2D eigenvalue weighted by Crippen LogP contribution is -2.30. The third kappa shape index (κ3) is 2.50. The van der Waals surface area contributed by atoms with Gasteiger partial charge in [0.15, 0.2) is 5.76 Å². The van der Waals surface area contributed by atoms with Crippen molar-refractivity contribution in [3.05, 3.63) is 33.8 Å². The number of rotatable bonds is 4. The van der Waals surface area contributed by atoms with E-state index in [4.69, 9.17) is 4.52 Å². The molecule has 3 heterocycles. The second-order valence-corrected chi connectivity index (χ2v) is 8.24. The van der Waals surface area contributed by atoms with Gasteiger partial charge in [-0.1, -0.05) is 5.16 Å². The van der Waals surface area contributed by atoms with Gasteiger partial charge in [0.05, 0.1) is 0 Å². The second kappa shape index (κ2) is 5.77. The van der Waals surface area contributed by atoms with Crippen LogP contribution in [-0.4, -0.2) is 42.7 Å². The van der Waals surface area contributed by atoms with Gasteiger partial charge in [0.2, 0.25) is 10.0 Å². The van der Waals surface area contributed by atoms with Gasteiger partial charge in [-0.25, -0.2) is 8.42 Å². The van der Waals surface area contributed by atoms with Crippen LogP contribution in [0.25, 0.3) is 0 Å². The van der Waals surface area contributed by atoms with Crippen molar-refractivity contribution in [2.24, 2.45) is 5.92 Å². The summed E-state index contributed by atoms with van der Waals surface area (Å²) >= 11 is 1.58. The van der Waals surface area contributed by atoms with Crippen LogP contribution in [0.2, 0.25) is 0 Å². The maximum Gasteiger partial charge on any atom is 0.248 e. The smallest absolute Gasteiger partial charge is 0.248 e. The van der Waals surface area contributed by atoms with E-state index in [1.54, 1.807) is 25.2 Å². The quantitative estimate of drug-likeness (QED) is 0.915. The van der Waals surface area contributed by atoms with Crippen molar-refractivity contribution in [2.75, 3.05) is 19.7 Å². The zero-order valence-corrected chi connectivity index (χ0v) is 14.0. The van der Waals surface area contributed by atoms with Gasteiger partial charge in [-0.05, 0) is 36.2 Å². The van der Waals surface area contributed by atoms with Crippen LogP contribution >= 0.6 is 11.3 Å². The fourth-order valence-corrected chi connectivity index (χ4v) is 5.59. The van der Waals surface area contributed by atoms with Gasteiger partial charge in [-0.15, -0.1) is 0 Å². The molecular weight excluding hydrogens is 324 g/mol. The van der Waals surface area contributed by atoms with Crippen LogP contribution in [0.4, 0.5) is 0 Å². The van der Waals surface area contributed by atoms with Gasteiger partial charge in [0.25, 0.3) is 0 Å². The molecule has 120 valence electrons. The molecule has 8 heteroatoms. The fourth-order valence-electron chi connectivity index (χ4n) is 3.05. The lowest BCUT2D eigenvalue weighted by molar-refractivity contribution is 0.223. The van der Waals surface area contributed by atoms with Crippen molar-refractivity contribution >= 4 is 21.4 Å². The molecule has 6 nitrogen and oxygen atoms in total. The SMILES string of the molecule is Cc1noc(C)c1S(=O)(=O)N1C[C@H](CO)[C@H](c2ccsc2)C1. The van der Waals surface area contributed by atoms with Crippen molar-refractivity contribution in [1.29, 1.82) is 0 Å². The van der Waals surface area contributed by atoms with E-state index >= 15 is 0 Å². The van der Waals surface area contributed by atoms with Crippen molar-refractivity contribution in [3.63, 3.8) is 0 Å². The van der Waals surface area contributed by atoms with E-state index in [2.05, 4.69) is 5.16 Å². The molecule has 1 N–H and O–H groups in total. The summed E-state index contributed by atoms with van der Waals surface area (Å²) in [7, 11) is -3.65. The second-order valence-electron chi connectivity index (χ2n) is 5.58. The van der Waals surface area contributed by atoms with E-state index < -0.39 is 10.0 Å². The van der Waals surface area contributed by atoms with E-state index in [0.29, 0.717) is 24.5 Å². The highest BCUT2D eigenvalue weighted by atomic mass is 32.2. The van der Waals surface area contributed by atoms with E-state index in [1.165, 1.54) is 4.31 Å². The van der Waals surface area contributed by atoms with Crippen molar-refractivity contribution in [2.45, 2.75) is 24.7 Å². The Morgan fingerprint density at radius 2 is 2.23 bits per heavy atom. The first-order valence-corrected chi connectivity index (χ1v) is 9.39. The number of hydrogen-bond donors (Lipinski definition) is 1. The number of aromatic nitrogens is 1. The van der Waals surface area contributed by atoms with Crippen LogP contribution < -0.4 is 0 Å². The number of nitrogens with zero attached hydrogens (tertiary/aromatic N) is 2. The Hall–Kier alpha value is -1.22. The zero-order chi connectivity index (χ0) is 15.9. The number of sulfonamides is 1. The number of aliphatic hydroxyl groups excluding tert-OH is 1. The monoisotopic (exact) mass is 342 g/mol. The first-order chi connectivity index (χ1) is 10.4. The van der Waals surface area contributed by atoms with Gasteiger partial charge in [0, 0.05) is 31.5 Å². The van der Waals surface area contributed by atoms with Crippen molar-refractivity contribution in [1.82, 2.24) is 9.46 Å². The molecular formula is C14H18N2O4S2. The molecule has 3 rings (SSSR count). The highest BCUT2D eigenvalue weighted by Gasteiger charge is 2.41. The average Bonchev–Trinajstić information content (AvgIpc) is 3.17. The third-order valence-electron chi connectivity index (χ3n) is 4.18. The minimum absolute atomic E-state index is 0.0199. The standard InChI is InChI=1S/C14H18N2O4S2/c1-9-14(10(2)20-15-9)22(18,19)16-5-12(7-17)13(6-16)11-3-4-21-8-11/h3-4,8,12-13,17H,5-7H2,1-2H3/t12-,13+/m1/s1. The summed E-state index contributed by atoms with van der Waals surface area (Å²) in [5.41, 5.74) is 1.46. The van der Waals surface area contributed by atoms with Crippen LogP contribution in [0.5, 0.6) is 0 Å². The van der Waals surface area contributed by atoms with E-state index in [-0.39, 0.29) is 23.3 Å². The Morgan fingerprint density at radius 3 is 2.77 bits per heavy atom. The molecule has 22 heavy (non-hydrogen) atoms. The molecule has 0 bridgehead atoms. The van der Waals surface area contributed by atoms with Crippen LogP contribution in [-0.2, 0) is 10.0 Å². The molecule has 0 amide bonds. The number of hydrogen-bond acceptors (Lipinski definition) is 6. The molecule has 2 aromatic rings. The maximum absolute atomic E-state index is 12.9. The molecule has 0 aliphatic carbocycles. The summed E-state index contributed by atoms with van der Waals surface area (Å²) in [5.74, 6) is 0.230. The minimum atomic E-state index is -3.65. The molecule has 2 aromatic heterocycles. The van der Waals surface area contributed by atoms with Gasteiger partial charge in [-0.2, -0.15) is 15.6 Å². The first kappa shape index (κ1) is 15.7. The first-order valence-electron chi connectivity index (χ1n) is 7.01. The highest BCUT2D eigenvalue weighted by Crippen LogP contribution is 2.37. The minimum Gasteiger partial charge on any atom is -0.396 e. The van der Waals surface area contributed by atoms with Crippen molar-refractivity contribution < 1.29 is 18.0 Å². The Balaban J connectivity index is 1.93. The van der Waals surface area contributed by atoms with Crippen LogP contribution in [0, 0.1) is 19.8 Å². The predicted octanol–water partition coefficient (Wildman–Crippen LogP) is 1.75. The van der Waals surface area contributed by atoms with E-state index in [0.717, 1.165) is 5.56 Å². The van der Waals surface area contributed by atoms with E-state index in [9.17, 15) is 13.5 Å². The predicted molar refractivity (Wildman–Crippen MR) is 82.4 cm³/mol. The molecule has 0 spiro atoms. The molecule has 1 aliphatic heterocycles. The molecule has 0 unspecified atom stereocenters. The van der Waals surface area contributed by atoms with Gasteiger partial charge in [-0.3, -0.25) is 0 Å². The summed E-state index contributed by atoms with van der Waals surface area (Å²) in [5, 5.41) is 17.3. The number of aryl methyl sites for hydroxylation is 2. The normalized spacial score (nSPS) is 23.2. The Kier molecular flexibility index (Phi) is 4.11. The van der Waals surface area contributed by atoms with Crippen LogP contribution in [0.15, 0.2) is 26.2 Å². The molecule has 2 atom stereocenters. The molecule has 0 radical (unpaired) electrons. The summed E-state index contributed by atoms with van der Waals surface area (Å²) in [6.07, 6.45) is 0. The van der Waals surface area contributed by atoms with Gasteiger partial charge in [0.1, 0.15) is 10.6 Å². The number of thiophene rings is 1. The van der Waals surface area contributed by atoms with Crippen molar-refractivity contribution in [3.8, 4) is 0 Å². The molecule has 0 aromatic carbocycles. The fraction of sp³-hybridized carbons (Fsp3) is 0.500. The van der Waals surface area contributed by atoms with Crippen LogP contribution in [0.3, 0.4) is 0 Å². The van der Waals surface area contributed by atoms with E-state index in [1.807, 2.05) is 16.8 Å². The molecule has 1 saturated heterocycles. The van der Waals surface area contributed by atoms with Gasteiger partial charge >= 0.3 is 0 Å². The lowest BCUT2D eigenvalue weighted by atomic mass is 9.92. The molecule has 0 saturated carbocycles. The topological polar surface area (TPSA) is 83.6 Å². The molecule has 1 aliphatic rings. The van der Waals surface area contributed by atoms with Gasteiger partial charge < -0.3 is 9.63 Å². The third-order valence-corrected chi connectivity index (χ3v) is 6.96.